The number of hydrogen-bond donors (Lipinski definition) is 1. The summed E-state index contributed by atoms with van der Waals surface area (Å²) in [4.78, 5) is 16.3. The number of pyridine rings is 1. The number of aromatic nitrogens is 2. The Morgan fingerprint density at radius 1 is 1.23 bits per heavy atom. The van der Waals surface area contributed by atoms with Crippen LogP contribution in [-0.2, 0) is 11.3 Å². The number of thioether (sulfide) groups is 1. The maximum absolute atomic E-state index is 11.9. The number of fused-ring (bicyclic) bond motifs is 1. The summed E-state index contributed by atoms with van der Waals surface area (Å²) in [6, 6.07) is 14.1. The number of rotatable bonds is 5. The third-order valence-corrected chi connectivity index (χ3v) is 4.31. The lowest BCUT2D eigenvalue weighted by molar-refractivity contribution is -0.118. The topological polar surface area (TPSA) is 46.4 Å². The van der Waals surface area contributed by atoms with Gasteiger partial charge in [0.05, 0.1) is 17.5 Å². The van der Waals surface area contributed by atoms with Crippen molar-refractivity contribution in [2.24, 2.45) is 0 Å². The van der Waals surface area contributed by atoms with Crippen LogP contribution in [-0.4, -0.2) is 21.0 Å². The van der Waals surface area contributed by atoms with Crippen LogP contribution in [0.4, 0.5) is 0 Å². The molecule has 4 nitrogen and oxygen atoms in total. The smallest absolute Gasteiger partial charge is 0.230 e. The van der Waals surface area contributed by atoms with Crippen LogP contribution in [0.25, 0.3) is 5.52 Å². The molecule has 3 rings (SSSR count). The normalized spacial score (nSPS) is 10.8. The van der Waals surface area contributed by atoms with Gasteiger partial charge in [0.2, 0.25) is 5.91 Å². The lowest BCUT2D eigenvalue weighted by atomic mass is 10.1. The Bertz CT molecular complexity index is 780. The van der Waals surface area contributed by atoms with Crippen LogP contribution in [0.5, 0.6) is 0 Å². The first kappa shape index (κ1) is 14.7. The van der Waals surface area contributed by atoms with Crippen molar-refractivity contribution in [3.63, 3.8) is 0 Å². The van der Waals surface area contributed by atoms with Crippen LogP contribution in [0.3, 0.4) is 0 Å². The molecule has 0 aliphatic carbocycles. The van der Waals surface area contributed by atoms with Gasteiger partial charge in [-0.1, -0.05) is 47.7 Å². The number of nitrogens with one attached hydrogen (secondary N) is 1. The molecule has 0 aliphatic heterocycles. The molecule has 3 aromatic rings. The fourth-order valence-corrected chi connectivity index (χ4v) is 2.91. The number of nitrogens with zero attached hydrogens (tertiary/aromatic N) is 2. The minimum Gasteiger partial charge on any atom is -0.351 e. The molecule has 0 radical (unpaired) electrons. The zero-order valence-corrected chi connectivity index (χ0v) is 13.1. The maximum atomic E-state index is 11.9. The number of carbonyl (C=O) groups is 1. The van der Waals surface area contributed by atoms with E-state index in [-0.39, 0.29) is 5.91 Å². The Balaban J connectivity index is 1.53. The second kappa shape index (κ2) is 6.66. The van der Waals surface area contributed by atoms with Crippen molar-refractivity contribution in [2.45, 2.75) is 18.6 Å². The number of amides is 1. The first-order valence-electron chi connectivity index (χ1n) is 7.09. The predicted molar refractivity (Wildman–Crippen MR) is 88.9 cm³/mol. The second-order valence-corrected chi connectivity index (χ2v) is 6.03. The maximum Gasteiger partial charge on any atom is 0.230 e. The largest absolute Gasteiger partial charge is 0.351 e. The van der Waals surface area contributed by atoms with E-state index < -0.39 is 0 Å². The van der Waals surface area contributed by atoms with E-state index in [0.717, 1.165) is 16.2 Å². The van der Waals surface area contributed by atoms with Crippen molar-refractivity contribution in [3.8, 4) is 0 Å². The molecule has 0 saturated heterocycles. The minimum atomic E-state index is 0.0123. The van der Waals surface area contributed by atoms with Crippen molar-refractivity contribution in [1.82, 2.24) is 14.7 Å². The Labute approximate surface area is 133 Å². The summed E-state index contributed by atoms with van der Waals surface area (Å²) in [5.41, 5.74) is 3.36. The zero-order valence-electron chi connectivity index (χ0n) is 12.3. The fraction of sp³-hybridized carbons (Fsp3) is 0.176. The molecule has 1 aromatic carbocycles. The van der Waals surface area contributed by atoms with Gasteiger partial charge < -0.3 is 5.32 Å². The van der Waals surface area contributed by atoms with E-state index in [2.05, 4.69) is 10.3 Å². The Hall–Kier alpha value is -2.27. The third-order valence-electron chi connectivity index (χ3n) is 3.35. The molecule has 0 fully saturated rings. The summed E-state index contributed by atoms with van der Waals surface area (Å²) in [6.45, 7) is 2.61. The van der Waals surface area contributed by atoms with Gasteiger partial charge in [-0.2, -0.15) is 0 Å². The van der Waals surface area contributed by atoms with Crippen molar-refractivity contribution in [1.29, 1.82) is 0 Å². The molecule has 1 N–H and O–H groups in total. The molecule has 0 aliphatic rings. The molecule has 2 heterocycles. The van der Waals surface area contributed by atoms with Gasteiger partial charge in [0, 0.05) is 12.7 Å². The SMILES string of the molecule is Cc1ccc(CNC(=O)CSc2ncc3ccccn23)cc1. The predicted octanol–water partition coefficient (Wildman–Crippen LogP) is 3.05. The van der Waals surface area contributed by atoms with Gasteiger partial charge in [0.15, 0.2) is 5.16 Å². The Morgan fingerprint density at radius 2 is 2.05 bits per heavy atom. The second-order valence-electron chi connectivity index (χ2n) is 5.09. The van der Waals surface area contributed by atoms with E-state index in [1.165, 1.54) is 17.3 Å². The monoisotopic (exact) mass is 311 g/mol. The molecule has 112 valence electrons. The Morgan fingerprint density at radius 3 is 2.86 bits per heavy atom. The van der Waals surface area contributed by atoms with Crippen molar-refractivity contribution in [3.05, 3.63) is 66.0 Å². The van der Waals surface area contributed by atoms with Crippen LogP contribution >= 0.6 is 11.8 Å². The first-order chi connectivity index (χ1) is 10.7. The van der Waals surface area contributed by atoms with Crippen LogP contribution in [0.2, 0.25) is 0 Å². The van der Waals surface area contributed by atoms with Crippen LogP contribution in [0.1, 0.15) is 11.1 Å². The van der Waals surface area contributed by atoms with Gasteiger partial charge in [-0.25, -0.2) is 4.98 Å². The lowest BCUT2D eigenvalue weighted by Gasteiger charge is -2.05. The van der Waals surface area contributed by atoms with E-state index >= 15 is 0 Å². The van der Waals surface area contributed by atoms with E-state index in [0.29, 0.717) is 12.3 Å². The number of imidazole rings is 1. The number of benzene rings is 1. The number of carbonyl (C=O) groups excluding carboxylic acids is 1. The van der Waals surface area contributed by atoms with Gasteiger partial charge in [-0.3, -0.25) is 9.20 Å². The number of aryl methyl sites for hydroxylation is 1. The van der Waals surface area contributed by atoms with E-state index in [9.17, 15) is 4.79 Å². The molecule has 0 saturated carbocycles. The van der Waals surface area contributed by atoms with E-state index in [1.54, 1.807) is 0 Å². The minimum absolute atomic E-state index is 0.0123. The summed E-state index contributed by atoms with van der Waals surface area (Å²) in [6.07, 6.45) is 3.77. The van der Waals surface area contributed by atoms with Gasteiger partial charge in [-0.05, 0) is 24.6 Å². The number of hydrogen-bond acceptors (Lipinski definition) is 3. The summed E-state index contributed by atoms with van der Waals surface area (Å²) in [5.74, 6) is 0.373. The van der Waals surface area contributed by atoms with Crippen molar-refractivity contribution >= 4 is 23.2 Å². The van der Waals surface area contributed by atoms with Crippen LogP contribution < -0.4 is 5.32 Å². The molecular weight excluding hydrogens is 294 g/mol. The lowest BCUT2D eigenvalue weighted by Crippen LogP contribution is -2.24. The summed E-state index contributed by atoms with van der Waals surface area (Å²) in [5, 5.41) is 3.77. The molecule has 2 aromatic heterocycles. The van der Waals surface area contributed by atoms with Crippen molar-refractivity contribution < 1.29 is 4.79 Å². The molecule has 0 bridgehead atoms. The van der Waals surface area contributed by atoms with Gasteiger partial charge in [0.25, 0.3) is 0 Å². The van der Waals surface area contributed by atoms with Gasteiger partial charge >= 0.3 is 0 Å². The molecule has 0 spiro atoms. The highest BCUT2D eigenvalue weighted by atomic mass is 32.2. The molecule has 0 unspecified atom stereocenters. The van der Waals surface area contributed by atoms with E-state index in [1.807, 2.05) is 66.2 Å². The highest BCUT2D eigenvalue weighted by molar-refractivity contribution is 7.99. The van der Waals surface area contributed by atoms with E-state index in [4.69, 9.17) is 0 Å². The quantitative estimate of drug-likeness (QED) is 0.737. The van der Waals surface area contributed by atoms with Crippen LogP contribution in [0.15, 0.2) is 60.0 Å². The molecule has 5 heteroatoms. The standard InChI is InChI=1S/C17H17N3OS/c1-13-5-7-14(8-6-13)10-18-16(21)12-22-17-19-11-15-4-2-3-9-20(15)17/h2-9,11H,10,12H2,1H3,(H,18,21). The molecule has 1 amide bonds. The molecule has 22 heavy (non-hydrogen) atoms. The zero-order chi connectivity index (χ0) is 15.4. The summed E-state index contributed by atoms with van der Waals surface area (Å²) in [7, 11) is 0. The van der Waals surface area contributed by atoms with Gasteiger partial charge in [-0.15, -0.1) is 0 Å². The molecular formula is C17H17N3OS. The first-order valence-corrected chi connectivity index (χ1v) is 8.08. The average Bonchev–Trinajstić information content (AvgIpc) is 2.96. The fourth-order valence-electron chi connectivity index (χ4n) is 2.11. The molecule has 0 atom stereocenters. The van der Waals surface area contributed by atoms with Crippen molar-refractivity contribution in [2.75, 3.05) is 5.75 Å². The van der Waals surface area contributed by atoms with Crippen LogP contribution in [0, 0.1) is 6.92 Å². The Kier molecular flexibility index (Phi) is 4.44. The highest BCUT2D eigenvalue weighted by Crippen LogP contribution is 2.17. The van der Waals surface area contributed by atoms with Gasteiger partial charge in [0.1, 0.15) is 0 Å². The third kappa shape index (κ3) is 3.49. The summed E-state index contributed by atoms with van der Waals surface area (Å²) < 4.78 is 1.98. The highest BCUT2D eigenvalue weighted by Gasteiger charge is 2.07. The summed E-state index contributed by atoms with van der Waals surface area (Å²) >= 11 is 1.44. The average molecular weight is 311 g/mol.